The fourth-order valence-electron chi connectivity index (χ4n) is 2.15. The number of benzene rings is 1. The number of pyridine rings is 1. The number of hydrogen-bond acceptors (Lipinski definition) is 7. The second-order valence-electron chi connectivity index (χ2n) is 5.53. The summed E-state index contributed by atoms with van der Waals surface area (Å²) >= 11 is 0. The maximum Gasteiger partial charge on any atom is 0.407 e. The third kappa shape index (κ3) is 5.63. The number of amides is 1. The van der Waals surface area contributed by atoms with Gasteiger partial charge in [0.15, 0.2) is 0 Å². The summed E-state index contributed by atoms with van der Waals surface area (Å²) in [6.45, 7) is 0.304. The number of aliphatic hydroxyl groups is 2. The van der Waals surface area contributed by atoms with Gasteiger partial charge in [-0.05, 0) is 18.1 Å². The van der Waals surface area contributed by atoms with Gasteiger partial charge in [-0.15, -0.1) is 0 Å². The number of carbonyl (C=O) groups is 1. The Morgan fingerprint density at radius 2 is 1.96 bits per heavy atom. The molecule has 0 bridgehead atoms. The number of aromatic nitrogens is 1. The summed E-state index contributed by atoms with van der Waals surface area (Å²) < 4.78 is 5.05. The number of aliphatic hydroxyl groups excluding tert-OH is 2. The first-order valence-corrected chi connectivity index (χ1v) is 7.79. The number of anilines is 2. The van der Waals surface area contributed by atoms with Gasteiger partial charge in [-0.3, -0.25) is 0 Å². The number of nitrogens with one attached hydrogen (secondary N) is 1. The highest BCUT2D eigenvalue weighted by Gasteiger charge is 2.19. The van der Waals surface area contributed by atoms with Crippen LogP contribution in [0.3, 0.4) is 0 Å². The molecule has 2 aromatic rings. The predicted molar refractivity (Wildman–Crippen MR) is 93.3 cm³/mol. The molecule has 2 rings (SSSR count). The van der Waals surface area contributed by atoms with Crippen LogP contribution in [-0.4, -0.2) is 33.9 Å². The molecule has 1 amide bonds. The van der Waals surface area contributed by atoms with Crippen LogP contribution in [0.25, 0.3) is 0 Å². The summed E-state index contributed by atoms with van der Waals surface area (Å²) in [5.74, 6) is 0.160. The number of nitrogen functional groups attached to an aromatic ring is 2. The second kappa shape index (κ2) is 8.86. The molecule has 25 heavy (non-hydrogen) atoms. The minimum absolute atomic E-state index is 0.131. The highest BCUT2D eigenvalue weighted by molar-refractivity contribution is 5.67. The molecule has 0 aliphatic heterocycles. The zero-order valence-electron chi connectivity index (χ0n) is 13.6. The molecule has 8 heteroatoms. The number of nitrogens with zero attached hydrogens (tertiary/aromatic N) is 1. The first-order valence-electron chi connectivity index (χ1n) is 7.79. The van der Waals surface area contributed by atoms with Crippen LogP contribution in [0.2, 0.25) is 0 Å². The van der Waals surface area contributed by atoms with Crippen LogP contribution in [0, 0.1) is 0 Å². The fourth-order valence-corrected chi connectivity index (χ4v) is 2.15. The first-order chi connectivity index (χ1) is 12.0. The van der Waals surface area contributed by atoms with Crippen molar-refractivity contribution < 1.29 is 19.7 Å². The molecule has 8 nitrogen and oxygen atoms in total. The van der Waals surface area contributed by atoms with Crippen molar-refractivity contribution in [1.29, 1.82) is 0 Å². The molecule has 134 valence electrons. The smallest absolute Gasteiger partial charge is 0.407 e. The third-order valence-electron chi connectivity index (χ3n) is 3.60. The summed E-state index contributed by atoms with van der Waals surface area (Å²) in [7, 11) is 0. The maximum atomic E-state index is 11.6. The van der Waals surface area contributed by atoms with Crippen LogP contribution in [0.4, 0.5) is 16.3 Å². The summed E-state index contributed by atoms with van der Waals surface area (Å²) in [6.07, 6.45) is -1.40. The van der Waals surface area contributed by atoms with Crippen molar-refractivity contribution in [3.63, 3.8) is 0 Å². The van der Waals surface area contributed by atoms with Crippen LogP contribution in [-0.2, 0) is 11.3 Å². The number of alkyl carbamates (subject to hydrolysis) is 1. The Morgan fingerprint density at radius 3 is 2.64 bits per heavy atom. The van der Waals surface area contributed by atoms with Crippen molar-refractivity contribution in [2.24, 2.45) is 0 Å². The highest BCUT2D eigenvalue weighted by atomic mass is 16.5. The van der Waals surface area contributed by atoms with Gasteiger partial charge in [-0.2, -0.15) is 0 Å². The molecule has 0 aliphatic rings. The Balaban J connectivity index is 1.72. The zero-order valence-corrected chi connectivity index (χ0v) is 13.6. The number of nitrogens with two attached hydrogens (primary N) is 2. The summed E-state index contributed by atoms with van der Waals surface area (Å²) in [5, 5.41) is 22.6. The Hall–Kier alpha value is -2.84. The van der Waals surface area contributed by atoms with E-state index in [0.29, 0.717) is 5.56 Å². The molecule has 2 atom stereocenters. The molecular formula is C17H22N4O4. The SMILES string of the molecule is Nc1cc(C(O)C(O)CCNC(=O)OCc2ccccc2)cnc1N. The van der Waals surface area contributed by atoms with Crippen LogP contribution in [0.1, 0.15) is 23.7 Å². The molecule has 0 spiro atoms. The lowest BCUT2D eigenvalue weighted by molar-refractivity contribution is 0.0135. The van der Waals surface area contributed by atoms with E-state index in [1.165, 1.54) is 12.3 Å². The van der Waals surface area contributed by atoms with Crippen molar-refractivity contribution in [3.05, 3.63) is 53.7 Å². The lowest BCUT2D eigenvalue weighted by Crippen LogP contribution is -2.29. The van der Waals surface area contributed by atoms with Gasteiger partial charge in [-0.25, -0.2) is 9.78 Å². The van der Waals surface area contributed by atoms with Crippen molar-refractivity contribution in [2.45, 2.75) is 25.2 Å². The predicted octanol–water partition coefficient (Wildman–Crippen LogP) is 0.957. The number of rotatable bonds is 7. The Labute approximate surface area is 145 Å². The van der Waals surface area contributed by atoms with E-state index >= 15 is 0 Å². The van der Waals surface area contributed by atoms with Gasteiger partial charge in [0.2, 0.25) is 0 Å². The first kappa shape index (κ1) is 18.5. The van der Waals surface area contributed by atoms with E-state index in [-0.39, 0.29) is 31.1 Å². The van der Waals surface area contributed by atoms with Gasteiger partial charge in [0.05, 0.1) is 11.8 Å². The molecule has 0 fully saturated rings. The van der Waals surface area contributed by atoms with Gasteiger partial charge in [-0.1, -0.05) is 30.3 Å². The molecule has 0 saturated carbocycles. The van der Waals surface area contributed by atoms with E-state index in [0.717, 1.165) is 5.56 Å². The van der Waals surface area contributed by atoms with Crippen LogP contribution >= 0.6 is 0 Å². The minimum Gasteiger partial charge on any atom is -0.445 e. The number of hydrogen-bond donors (Lipinski definition) is 5. The Kier molecular flexibility index (Phi) is 6.55. The molecule has 1 heterocycles. The topological polar surface area (TPSA) is 144 Å². The summed E-state index contributed by atoms with van der Waals surface area (Å²) in [5.41, 5.74) is 12.6. The van der Waals surface area contributed by atoms with Crippen LogP contribution in [0.5, 0.6) is 0 Å². The standard InChI is InChI=1S/C17H22N4O4/c18-13-8-12(9-21-16(13)19)15(23)14(22)6-7-20-17(24)25-10-11-4-2-1-3-5-11/h1-5,8-9,14-15,22-23H,6-7,10,18H2,(H2,19,21)(H,20,24). The summed E-state index contributed by atoms with van der Waals surface area (Å²) in [4.78, 5) is 15.4. The normalized spacial score (nSPS) is 13.0. The molecule has 2 unspecified atom stereocenters. The zero-order chi connectivity index (χ0) is 18.2. The van der Waals surface area contributed by atoms with Crippen molar-refractivity contribution >= 4 is 17.6 Å². The van der Waals surface area contributed by atoms with Crippen molar-refractivity contribution in [3.8, 4) is 0 Å². The Bertz CT molecular complexity index is 696. The van der Waals surface area contributed by atoms with Gasteiger partial charge in [0, 0.05) is 18.3 Å². The largest absolute Gasteiger partial charge is 0.445 e. The minimum atomic E-state index is -1.18. The van der Waals surface area contributed by atoms with Gasteiger partial charge < -0.3 is 31.7 Å². The summed E-state index contributed by atoms with van der Waals surface area (Å²) in [6, 6.07) is 10.7. The third-order valence-corrected chi connectivity index (χ3v) is 3.60. The molecule has 1 aromatic heterocycles. The van der Waals surface area contributed by atoms with Crippen LogP contribution in [0.15, 0.2) is 42.6 Å². The monoisotopic (exact) mass is 346 g/mol. The quantitative estimate of drug-likeness (QED) is 0.502. The van der Waals surface area contributed by atoms with Crippen molar-refractivity contribution in [2.75, 3.05) is 18.0 Å². The Morgan fingerprint density at radius 1 is 1.24 bits per heavy atom. The fraction of sp³-hybridized carbons (Fsp3) is 0.294. The van der Waals surface area contributed by atoms with E-state index in [9.17, 15) is 15.0 Å². The average Bonchev–Trinajstić information content (AvgIpc) is 2.62. The molecule has 0 saturated heterocycles. The lowest BCUT2D eigenvalue weighted by Gasteiger charge is -2.18. The maximum absolute atomic E-state index is 11.6. The molecule has 1 aromatic carbocycles. The van der Waals surface area contributed by atoms with Crippen molar-refractivity contribution in [1.82, 2.24) is 10.3 Å². The molecule has 0 aliphatic carbocycles. The molecule has 7 N–H and O–H groups in total. The molecule has 0 radical (unpaired) electrons. The second-order valence-corrected chi connectivity index (χ2v) is 5.53. The average molecular weight is 346 g/mol. The van der Waals surface area contributed by atoms with Gasteiger partial charge in [0.25, 0.3) is 0 Å². The van der Waals surface area contributed by atoms with Gasteiger partial charge in [0.1, 0.15) is 18.5 Å². The van der Waals surface area contributed by atoms with E-state index in [2.05, 4.69) is 10.3 Å². The van der Waals surface area contributed by atoms with E-state index in [1.807, 2.05) is 30.3 Å². The molecular weight excluding hydrogens is 324 g/mol. The van der Waals surface area contributed by atoms with E-state index < -0.39 is 18.3 Å². The highest BCUT2D eigenvalue weighted by Crippen LogP contribution is 2.22. The van der Waals surface area contributed by atoms with Crippen LogP contribution < -0.4 is 16.8 Å². The van der Waals surface area contributed by atoms with Gasteiger partial charge >= 0.3 is 6.09 Å². The van der Waals surface area contributed by atoms with E-state index in [4.69, 9.17) is 16.2 Å². The lowest BCUT2D eigenvalue weighted by atomic mass is 10.0. The number of carbonyl (C=O) groups excluding carboxylic acids is 1. The van der Waals surface area contributed by atoms with E-state index in [1.54, 1.807) is 0 Å². The number of ether oxygens (including phenoxy) is 1.